The SMILES string of the molecule is CC(C)C(NC(=O)C(NC(=O)C(CO)NC(=O)CN)C(C)C)C(=O)O. The van der Waals surface area contributed by atoms with E-state index in [-0.39, 0.29) is 18.4 Å². The second-order valence-electron chi connectivity index (χ2n) is 6.31. The van der Waals surface area contributed by atoms with Crippen molar-refractivity contribution in [2.45, 2.75) is 45.8 Å². The predicted molar refractivity (Wildman–Crippen MR) is 89.2 cm³/mol. The van der Waals surface area contributed by atoms with Crippen molar-refractivity contribution in [1.82, 2.24) is 16.0 Å². The lowest BCUT2D eigenvalue weighted by atomic mass is 10.00. The van der Waals surface area contributed by atoms with Gasteiger partial charge < -0.3 is 31.9 Å². The Kier molecular flexibility index (Phi) is 9.69. The maximum atomic E-state index is 12.4. The predicted octanol–water partition coefficient (Wildman–Crippen LogP) is -2.21. The quantitative estimate of drug-likeness (QED) is 0.256. The third-order valence-corrected chi connectivity index (χ3v) is 3.50. The molecule has 144 valence electrons. The van der Waals surface area contributed by atoms with Crippen molar-refractivity contribution < 1.29 is 29.4 Å². The van der Waals surface area contributed by atoms with E-state index in [2.05, 4.69) is 16.0 Å². The monoisotopic (exact) mass is 360 g/mol. The van der Waals surface area contributed by atoms with Crippen molar-refractivity contribution in [2.24, 2.45) is 17.6 Å². The van der Waals surface area contributed by atoms with Crippen LogP contribution in [0.1, 0.15) is 27.7 Å². The molecule has 7 N–H and O–H groups in total. The molecule has 0 rings (SSSR count). The maximum Gasteiger partial charge on any atom is 0.326 e. The fourth-order valence-corrected chi connectivity index (χ4v) is 1.99. The van der Waals surface area contributed by atoms with Gasteiger partial charge in [-0.1, -0.05) is 27.7 Å². The Morgan fingerprint density at radius 3 is 1.72 bits per heavy atom. The van der Waals surface area contributed by atoms with Gasteiger partial charge in [-0.25, -0.2) is 4.79 Å². The summed E-state index contributed by atoms with van der Waals surface area (Å²) in [7, 11) is 0. The molecule has 0 bridgehead atoms. The van der Waals surface area contributed by atoms with Gasteiger partial charge in [0, 0.05) is 0 Å². The zero-order valence-corrected chi connectivity index (χ0v) is 14.9. The van der Waals surface area contributed by atoms with Gasteiger partial charge in [-0.2, -0.15) is 0 Å². The molecule has 0 aromatic heterocycles. The molecular formula is C15H28N4O6. The number of nitrogens with two attached hydrogens (primary N) is 1. The second-order valence-corrected chi connectivity index (χ2v) is 6.31. The smallest absolute Gasteiger partial charge is 0.326 e. The van der Waals surface area contributed by atoms with Crippen LogP contribution in [0.25, 0.3) is 0 Å². The highest BCUT2D eigenvalue weighted by atomic mass is 16.4. The van der Waals surface area contributed by atoms with Gasteiger partial charge in [0.05, 0.1) is 13.2 Å². The lowest BCUT2D eigenvalue weighted by Gasteiger charge is -2.27. The van der Waals surface area contributed by atoms with E-state index in [9.17, 15) is 24.3 Å². The topological polar surface area (TPSA) is 171 Å². The van der Waals surface area contributed by atoms with Crippen molar-refractivity contribution in [3.05, 3.63) is 0 Å². The number of rotatable bonds is 10. The zero-order valence-electron chi connectivity index (χ0n) is 14.9. The number of aliphatic hydroxyl groups is 1. The molecule has 0 heterocycles. The summed E-state index contributed by atoms with van der Waals surface area (Å²) in [5.41, 5.74) is 5.14. The molecule has 0 saturated carbocycles. The van der Waals surface area contributed by atoms with Crippen LogP contribution in [0.4, 0.5) is 0 Å². The first kappa shape index (κ1) is 22.8. The van der Waals surface area contributed by atoms with E-state index in [4.69, 9.17) is 10.8 Å². The molecule has 0 aromatic carbocycles. The molecule has 3 atom stereocenters. The Labute approximate surface area is 146 Å². The highest BCUT2D eigenvalue weighted by molar-refractivity contribution is 5.93. The first-order chi connectivity index (χ1) is 11.5. The fourth-order valence-electron chi connectivity index (χ4n) is 1.99. The standard InChI is InChI=1S/C15H28N4O6/c1-7(2)11(14(23)19-12(8(3)4)15(24)25)18-13(22)9(6-20)17-10(21)5-16/h7-9,11-12,20H,5-6,16H2,1-4H3,(H,17,21)(H,18,22)(H,19,23)(H,24,25). The number of amides is 3. The number of hydrogen-bond acceptors (Lipinski definition) is 6. The average Bonchev–Trinajstić information content (AvgIpc) is 2.53. The molecular weight excluding hydrogens is 332 g/mol. The van der Waals surface area contributed by atoms with Crippen molar-refractivity contribution in [2.75, 3.05) is 13.2 Å². The summed E-state index contributed by atoms with van der Waals surface area (Å²) in [4.78, 5) is 47.0. The van der Waals surface area contributed by atoms with Crippen LogP contribution < -0.4 is 21.7 Å². The van der Waals surface area contributed by atoms with Crippen LogP contribution in [-0.4, -0.2) is 65.2 Å². The van der Waals surface area contributed by atoms with Gasteiger partial charge in [0.15, 0.2) is 0 Å². The van der Waals surface area contributed by atoms with Crippen LogP contribution in [0.3, 0.4) is 0 Å². The summed E-state index contributed by atoms with van der Waals surface area (Å²) in [6.45, 7) is 5.60. The highest BCUT2D eigenvalue weighted by Crippen LogP contribution is 2.07. The van der Waals surface area contributed by atoms with E-state index in [1.807, 2.05) is 0 Å². The molecule has 0 spiro atoms. The lowest BCUT2D eigenvalue weighted by molar-refractivity contribution is -0.143. The third-order valence-electron chi connectivity index (χ3n) is 3.50. The number of aliphatic carboxylic acids is 1. The molecule has 10 heteroatoms. The van der Waals surface area contributed by atoms with E-state index in [0.717, 1.165) is 0 Å². The summed E-state index contributed by atoms with van der Waals surface area (Å²) in [6, 6.07) is -3.39. The molecule has 0 saturated heterocycles. The van der Waals surface area contributed by atoms with E-state index in [0.29, 0.717) is 0 Å². The van der Waals surface area contributed by atoms with Crippen LogP contribution in [0.15, 0.2) is 0 Å². The van der Waals surface area contributed by atoms with E-state index in [1.165, 1.54) is 0 Å². The van der Waals surface area contributed by atoms with Gasteiger partial charge in [0.1, 0.15) is 18.1 Å². The number of carbonyl (C=O) groups is 4. The minimum atomic E-state index is -1.26. The number of carboxylic acid groups (broad SMARTS) is 1. The Bertz CT molecular complexity index is 494. The molecule has 0 aliphatic rings. The van der Waals surface area contributed by atoms with E-state index < -0.39 is 48.4 Å². The Morgan fingerprint density at radius 2 is 1.36 bits per heavy atom. The van der Waals surface area contributed by atoms with Crippen LogP contribution in [0.5, 0.6) is 0 Å². The van der Waals surface area contributed by atoms with Crippen LogP contribution >= 0.6 is 0 Å². The van der Waals surface area contributed by atoms with Crippen molar-refractivity contribution in [3.8, 4) is 0 Å². The largest absolute Gasteiger partial charge is 0.480 e. The first-order valence-electron chi connectivity index (χ1n) is 7.98. The molecule has 0 radical (unpaired) electrons. The maximum absolute atomic E-state index is 12.4. The molecule has 0 aliphatic heterocycles. The van der Waals surface area contributed by atoms with Gasteiger partial charge in [0.25, 0.3) is 0 Å². The summed E-state index contributed by atoms with van der Waals surface area (Å²) in [6.07, 6.45) is 0. The van der Waals surface area contributed by atoms with Gasteiger partial charge >= 0.3 is 5.97 Å². The van der Waals surface area contributed by atoms with Gasteiger partial charge in [-0.05, 0) is 11.8 Å². The third kappa shape index (κ3) is 7.48. The lowest BCUT2D eigenvalue weighted by Crippen LogP contribution is -2.59. The number of hydrogen-bond donors (Lipinski definition) is 6. The normalized spacial score (nSPS) is 14.6. The van der Waals surface area contributed by atoms with Crippen molar-refractivity contribution >= 4 is 23.7 Å². The van der Waals surface area contributed by atoms with Crippen LogP contribution in [0.2, 0.25) is 0 Å². The molecule has 3 amide bonds. The number of carboxylic acids is 1. The molecule has 0 fully saturated rings. The minimum absolute atomic E-state index is 0.348. The number of nitrogens with one attached hydrogen (secondary N) is 3. The Hall–Kier alpha value is -2.20. The summed E-state index contributed by atoms with van der Waals surface area (Å²) in [5.74, 6) is -3.94. The van der Waals surface area contributed by atoms with Crippen LogP contribution in [0, 0.1) is 11.8 Å². The van der Waals surface area contributed by atoms with Gasteiger partial charge in [-0.15, -0.1) is 0 Å². The summed E-state index contributed by atoms with van der Waals surface area (Å²) >= 11 is 0. The van der Waals surface area contributed by atoms with E-state index >= 15 is 0 Å². The molecule has 0 aliphatic carbocycles. The van der Waals surface area contributed by atoms with E-state index in [1.54, 1.807) is 27.7 Å². The van der Waals surface area contributed by atoms with Crippen molar-refractivity contribution in [1.29, 1.82) is 0 Å². The molecule has 3 unspecified atom stereocenters. The molecule has 10 nitrogen and oxygen atoms in total. The van der Waals surface area contributed by atoms with Gasteiger partial charge in [-0.3, -0.25) is 14.4 Å². The first-order valence-corrected chi connectivity index (χ1v) is 7.98. The molecule has 0 aromatic rings. The minimum Gasteiger partial charge on any atom is -0.480 e. The number of carbonyl (C=O) groups excluding carboxylic acids is 3. The number of aliphatic hydroxyl groups excluding tert-OH is 1. The van der Waals surface area contributed by atoms with Crippen molar-refractivity contribution in [3.63, 3.8) is 0 Å². The van der Waals surface area contributed by atoms with Crippen LogP contribution in [-0.2, 0) is 19.2 Å². The second kappa shape index (κ2) is 10.6. The highest BCUT2D eigenvalue weighted by Gasteiger charge is 2.31. The zero-order chi connectivity index (χ0) is 19.7. The average molecular weight is 360 g/mol. The summed E-state index contributed by atoms with van der Waals surface area (Å²) in [5, 5.41) is 25.4. The fraction of sp³-hybridized carbons (Fsp3) is 0.733. The van der Waals surface area contributed by atoms with Gasteiger partial charge in [0.2, 0.25) is 17.7 Å². The Balaban J connectivity index is 5.10. The molecule has 25 heavy (non-hydrogen) atoms. The summed E-state index contributed by atoms with van der Waals surface area (Å²) < 4.78 is 0. The Morgan fingerprint density at radius 1 is 0.880 bits per heavy atom.